The Morgan fingerprint density at radius 2 is 2.00 bits per heavy atom. The SMILES string of the molecule is COc1cn(CC(=O)NC2CCCC2)c(CN2CCO[C@H](c3ccccc3)C2)cc1=O. The molecule has 0 radical (unpaired) electrons. The standard InChI is InChI=1S/C24H31N3O4/c1-30-23-16-27(17-24(29)25-19-9-5-6-10-19)20(13-21(23)28)14-26-11-12-31-22(15-26)18-7-3-2-4-8-18/h2-4,7-8,13,16,19,22H,5-6,9-12,14-15,17H2,1H3,(H,25,29)/t22-/m0/s1. The van der Waals surface area contributed by atoms with Gasteiger partial charge in [-0.25, -0.2) is 0 Å². The van der Waals surface area contributed by atoms with Crippen LogP contribution in [0.1, 0.15) is 43.0 Å². The molecule has 2 aliphatic rings. The molecule has 1 atom stereocenters. The van der Waals surface area contributed by atoms with E-state index in [0.29, 0.717) is 13.2 Å². The fourth-order valence-electron chi connectivity index (χ4n) is 4.47. The van der Waals surface area contributed by atoms with Crippen molar-refractivity contribution >= 4 is 5.91 Å². The number of methoxy groups -OCH3 is 1. The largest absolute Gasteiger partial charge is 0.491 e. The highest BCUT2D eigenvalue weighted by Crippen LogP contribution is 2.23. The van der Waals surface area contributed by atoms with Gasteiger partial charge >= 0.3 is 0 Å². The third kappa shape index (κ3) is 5.54. The van der Waals surface area contributed by atoms with Crippen LogP contribution < -0.4 is 15.5 Å². The van der Waals surface area contributed by atoms with Gasteiger partial charge in [0.1, 0.15) is 6.54 Å². The summed E-state index contributed by atoms with van der Waals surface area (Å²) in [6.07, 6.45) is 6.07. The first-order chi connectivity index (χ1) is 15.1. The van der Waals surface area contributed by atoms with Crippen LogP contribution in [0.4, 0.5) is 0 Å². The molecule has 2 heterocycles. The minimum Gasteiger partial charge on any atom is -0.491 e. The predicted molar refractivity (Wildman–Crippen MR) is 118 cm³/mol. The van der Waals surface area contributed by atoms with E-state index in [1.54, 1.807) is 12.3 Å². The van der Waals surface area contributed by atoms with E-state index in [1.807, 2.05) is 22.8 Å². The van der Waals surface area contributed by atoms with E-state index >= 15 is 0 Å². The van der Waals surface area contributed by atoms with Crippen LogP contribution in [0, 0.1) is 0 Å². The lowest BCUT2D eigenvalue weighted by molar-refractivity contribution is -0.122. The van der Waals surface area contributed by atoms with Crippen molar-refractivity contribution in [3.8, 4) is 5.75 Å². The molecule has 1 aliphatic carbocycles. The first-order valence-electron chi connectivity index (χ1n) is 11.1. The predicted octanol–water partition coefficient (Wildman–Crippen LogP) is 2.49. The maximum atomic E-state index is 12.6. The smallest absolute Gasteiger partial charge is 0.240 e. The number of hydrogen-bond donors (Lipinski definition) is 1. The molecule has 2 aromatic rings. The van der Waals surface area contributed by atoms with Crippen LogP contribution in [0.5, 0.6) is 5.75 Å². The lowest BCUT2D eigenvalue weighted by atomic mass is 10.1. The van der Waals surface area contributed by atoms with Crippen molar-refractivity contribution in [3.05, 3.63) is 64.1 Å². The maximum absolute atomic E-state index is 12.6. The maximum Gasteiger partial charge on any atom is 0.240 e. The third-order valence-electron chi connectivity index (χ3n) is 6.14. The number of amides is 1. The van der Waals surface area contributed by atoms with E-state index in [2.05, 4.69) is 22.3 Å². The molecule has 1 aromatic heterocycles. The molecule has 1 amide bonds. The molecule has 1 saturated carbocycles. The van der Waals surface area contributed by atoms with Gasteiger partial charge in [-0.05, 0) is 18.4 Å². The molecule has 4 rings (SSSR count). The zero-order valence-electron chi connectivity index (χ0n) is 18.1. The molecule has 1 N–H and O–H groups in total. The van der Waals surface area contributed by atoms with Crippen molar-refractivity contribution in [3.63, 3.8) is 0 Å². The van der Waals surface area contributed by atoms with Gasteiger partial charge in [0.15, 0.2) is 5.75 Å². The lowest BCUT2D eigenvalue weighted by Gasteiger charge is -2.33. The van der Waals surface area contributed by atoms with Crippen LogP contribution >= 0.6 is 0 Å². The summed E-state index contributed by atoms with van der Waals surface area (Å²) >= 11 is 0. The summed E-state index contributed by atoms with van der Waals surface area (Å²) in [4.78, 5) is 27.4. The average molecular weight is 426 g/mol. The van der Waals surface area contributed by atoms with Crippen molar-refractivity contribution in [2.45, 2.75) is 50.9 Å². The van der Waals surface area contributed by atoms with Gasteiger partial charge in [-0.2, -0.15) is 0 Å². The second kappa shape index (κ2) is 10.1. The van der Waals surface area contributed by atoms with E-state index in [-0.39, 0.29) is 35.8 Å². The second-order valence-electron chi connectivity index (χ2n) is 8.38. The molecule has 0 spiro atoms. The first-order valence-corrected chi connectivity index (χ1v) is 11.1. The quantitative estimate of drug-likeness (QED) is 0.738. The third-order valence-corrected chi connectivity index (χ3v) is 6.14. The first kappa shape index (κ1) is 21.6. The number of nitrogens with zero attached hydrogens (tertiary/aromatic N) is 2. The topological polar surface area (TPSA) is 72.8 Å². The summed E-state index contributed by atoms with van der Waals surface area (Å²) in [7, 11) is 1.48. The number of carbonyl (C=O) groups is 1. The van der Waals surface area contributed by atoms with E-state index < -0.39 is 0 Å². The molecular weight excluding hydrogens is 394 g/mol. The van der Waals surface area contributed by atoms with Crippen molar-refractivity contribution in [2.24, 2.45) is 0 Å². The van der Waals surface area contributed by atoms with Gasteiger partial charge in [0.25, 0.3) is 0 Å². The number of morpholine rings is 1. The van der Waals surface area contributed by atoms with Crippen LogP contribution in [0.25, 0.3) is 0 Å². The lowest BCUT2D eigenvalue weighted by Crippen LogP contribution is -2.39. The number of carbonyl (C=O) groups excluding carboxylic acids is 1. The van der Waals surface area contributed by atoms with E-state index in [0.717, 1.165) is 37.2 Å². The normalized spacial score (nSPS) is 20.0. The molecule has 166 valence electrons. The number of benzene rings is 1. The van der Waals surface area contributed by atoms with E-state index in [4.69, 9.17) is 9.47 Å². The highest BCUT2D eigenvalue weighted by molar-refractivity contribution is 5.76. The fourth-order valence-corrected chi connectivity index (χ4v) is 4.47. The average Bonchev–Trinajstić information content (AvgIpc) is 3.29. The molecule has 1 aromatic carbocycles. The van der Waals surface area contributed by atoms with Gasteiger partial charge < -0.3 is 19.4 Å². The van der Waals surface area contributed by atoms with Gasteiger partial charge in [-0.3, -0.25) is 14.5 Å². The van der Waals surface area contributed by atoms with Gasteiger partial charge in [0.05, 0.1) is 26.0 Å². The summed E-state index contributed by atoms with van der Waals surface area (Å²) < 4.78 is 13.0. The number of hydrogen-bond acceptors (Lipinski definition) is 5. The highest BCUT2D eigenvalue weighted by atomic mass is 16.5. The summed E-state index contributed by atoms with van der Waals surface area (Å²) in [5, 5.41) is 3.13. The van der Waals surface area contributed by atoms with Crippen molar-refractivity contribution in [1.29, 1.82) is 0 Å². The molecule has 2 fully saturated rings. The molecule has 31 heavy (non-hydrogen) atoms. The number of rotatable bonds is 7. The van der Waals surface area contributed by atoms with Gasteiger partial charge in [-0.1, -0.05) is 43.2 Å². The monoisotopic (exact) mass is 425 g/mol. The summed E-state index contributed by atoms with van der Waals surface area (Å²) in [5.41, 5.74) is 1.79. The molecule has 1 aliphatic heterocycles. The van der Waals surface area contributed by atoms with Gasteiger partial charge in [0.2, 0.25) is 11.3 Å². The molecule has 0 bridgehead atoms. The van der Waals surface area contributed by atoms with Crippen molar-refractivity contribution in [1.82, 2.24) is 14.8 Å². The summed E-state index contributed by atoms with van der Waals surface area (Å²) in [5.74, 6) is 0.226. The molecular formula is C24H31N3O4. The Hall–Kier alpha value is -2.64. The van der Waals surface area contributed by atoms with Gasteiger partial charge in [0, 0.05) is 37.4 Å². The Morgan fingerprint density at radius 1 is 1.23 bits per heavy atom. The summed E-state index contributed by atoms with van der Waals surface area (Å²) in [6, 6.07) is 12.0. The minimum absolute atomic E-state index is 0.000893. The van der Waals surface area contributed by atoms with Gasteiger partial charge in [-0.15, -0.1) is 0 Å². The fraction of sp³-hybridized carbons (Fsp3) is 0.500. The molecule has 0 unspecified atom stereocenters. The van der Waals surface area contributed by atoms with Crippen molar-refractivity contribution < 1.29 is 14.3 Å². The second-order valence-corrected chi connectivity index (χ2v) is 8.38. The molecule has 7 heteroatoms. The number of aromatic nitrogens is 1. The molecule has 1 saturated heterocycles. The zero-order valence-corrected chi connectivity index (χ0v) is 18.1. The zero-order chi connectivity index (χ0) is 21.6. The number of nitrogens with one attached hydrogen (secondary N) is 1. The summed E-state index contributed by atoms with van der Waals surface area (Å²) in [6.45, 7) is 2.88. The highest BCUT2D eigenvalue weighted by Gasteiger charge is 2.24. The molecule has 7 nitrogen and oxygen atoms in total. The van der Waals surface area contributed by atoms with Crippen LogP contribution in [0.2, 0.25) is 0 Å². The number of ether oxygens (including phenoxy) is 2. The Bertz CT molecular complexity index is 938. The van der Waals surface area contributed by atoms with E-state index in [9.17, 15) is 9.59 Å². The van der Waals surface area contributed by atoms with Crippen molar-refractivity contribution in [2.75, 3.05) is 26.8 Å². The Labute approximate surface area is 183 Å². The Balaban J connectivity index is 1.49. The van der Waals surface area contributed by atoms with Crippen LogP contribution in [0.15, 0.2) is 47.4 Å². The Kier molecular flexibility index (Phi) is 7.04. The van der Waals surface area contributed by atoms with Crippen LogP contribution in [-0.4, -0.2) is 48.2 Å². The minimum atomic E-state index is -0.169. The Morgan fingerprint density at radius 3 is 2.74 bits per heavy atom. The van der Waals surface area contributed by atoms with Crippen LogP contribution in [-0.2, 0) is 22.6 Å². The van der Waals surface area contributed by atoms with E-state index in [1.165, 1.54) is 20.0 Å². The number of pyridine rings is 1. The van der Waals surface area contributed by atoms with Crippen LogP contribution in [0.3, 0.4) is 0 Å².